The Labute approximate surface area is 137 Å². The minimum absolute atomic E-state index is 0.273. The van der Waals surface area contributed by atoms with Crippen molar-refractivity contribution in [1.82, 2.24) is 15.0 Å². The van der Waals surface area contributed by atoms with Gasteiger partial charge < -0.3 is 15.3 Å². The van der Waals surface area contributed by atoms with E-state index in [1.165, 1.54) is 11.3 Å². The van der Waals surface area contributed by atoms with Crippen LogP contribution in [0.5, 0.6) is 0 Å². The third-order valence-electron chi connectivity index (χ3n) is 3.82. The van der Waals surface area contributed by atoms with Crippen LogP contribution in [0.25, 0.3) is 11.0 Å². The summed E-state index contributed by atoms with van der Waals surface area (Å²) in [4.78, 5) is 33.9. The molecule has 0 atom stereocenters. The van der Waals surface area contributed by atoms with Crippen molar-refractivity contribution >= 4 is 34.0 Å². The molecule has 0 aliphatic rings. The molecule has 0 saturated carbocycles. The molecule has 3 N–H and O–H groups in total. The number of H-pyrrole nitrogens is 2. The van der Waals surface area contributed by atoms with Crippen LogP contribution in [0.3, 0.4) is 0 Å². The van der Waals surface area contributed by atoms with E-state index in [-0.39, 0.29) is 17.5 Å². The standard InChI is InChI=1S/C16H18N4O2S/c1-7(2)15-17-11(6-23-15)14(21)19-12-9(4)8(3)5-10-13(12)20-16(22)18-10/h5-7H,1-4H3,(H,19,21)(H2,18,20,22). The van der Waals surface area contributed by atoms with Crippen LogP contribution in [0.4, 0.5) is 5.69 Å². The maximum absolute atomic E-state index is 12.5. The van der Waals surface area contributed by atoms with Gasteiger partial charge in [-0.2, -0.15) is 0 Å². The molecule has 3 aromatic rings. The van der Waals surface area contributed by atoms with E-state index in [4.69, 9.17) is 0 Å². The average Bonchev–Trinajstić information content (AvgIpc) is 3.10. The predicted molar refractivity (Wildman–Crippen MR) is 92.5 cm³/mol. The number of aryl methyl sites for hydroxylation is 1. The highest BCUT2D eigenvalue weighted by atomic mass is 32.1. The summed E-state index contributed by atoms with van der Waals surface area (Å²) in [5.41, 5.74) is 3.90. The van der Waals surface area contributed by atoms with Gasteiger partial charge in [0, 0.05) is 11.3 Å². The van der Waals surface area contributed by atoms with E-state index in [9.17, 15) is 9.59 Å². The van der Waals surface area contributed by atoms with Gasteiger partial charge in [-0.3, -0.25) is 4.79 Å². The second-order valence-corrected chi connectivity index (χ2v) is 6.76. The van der Waals surface area contributed by atoms with Gasteiger partial charge in [0.2, 0.25) is 0 Å². The van der Waals surface area contributed by atoms with Crippen molar-refractivity contribution in [2.24, 2.45) is 0 Å². The van der Waals surface area contributed by atoms with Crippen LogP contribution in [0.15, 0.2) is 16.2 Å². The molecule has 23 heavy (non-hydrogen) atoms. The van der Waals surface area contributed by atoms with Crippen molar-refractivity contribution in [3.63, 3.8) is 0 Å². The summed E-state index contributed by atoms with van der Waals surface area (Å²) in [6, 6.07) is 1.89. The highest BCUT2D eigenvalue weighted by Crippen LogP contribution is 2.28. The van der Waals surface area contributed by atoms with Crippen molar-refractivity contribution in [1.29, 1.82) is 0 Å². The third-order valence-corrected chi connectivity index (χ3v) is 4.97. The normalized spacial score (nSPS) is 11.3. The SMILES string of the molecule is Cc1cc2[nH]c(=O)[nH]c2c(NC(=O)c2csc(C(C)C)n2)c1C. The number of amides is 1. The molecule has 3 rings (SSSR count). The second-order valence-electron chi connectivity index (χ2n) is 5.87. The zero-order chi connectivity index (χ0) is 16.7. The van der Waals surface area contributed by atoms with Crippen LogP contribution < -0.4 is 11.0 Å². The van der Waals surface area contributed by atoms with E-state index in [1.807, 2.05) is 33.8 Å². The van der Waals surface area contributed by atoms with Gasteiger partial charge in [0.1, 0.15) is 5.69 Å². The van der Waals surface area contributed by atoms with Crippen LogP contribution in [0.1, 0.15) is 46.4 Å². The van der Waals surface area contributed by atoms with Gasteiger partial charge in [0.25, 0.3) is 5.91 Å². The Hall–Kier alpha value is -2.41. The first kappa shape index (κ1) is 15.5. The molecule has 0 unspecified atom stereocenters. The Balaban J connectivity index is 2.01. The maximum atomic E-state index is 12.5. The van der Waals surface area contributed by atoms with Gasteiger partial charge >= 0.3 is 5.69 Å². The van der Waals surface area contributed by atoms with Crippen molar-refractivity contribution in [3.8, 4) is 0 Å². The number of fused-ring (bicyclic) bond motifs is 1. The topological polar surface area (TPSA) is 90.6 Å². The van der Waals surface area contributed by atoms with E-state index in [0.29, 0.717) is 22.4 Å². The van der Waals surface area contributed by atoms with Crippen LogP contribution >= 0.6 is 11.3 Å². The van der Waals surface area contributed by atoms with Crippen LogP contribution in [-0.2, 0) is 0 Å². The summed E-state index contributed by atoms with van der Waals surface area (Å²) in [6.45, 7) is 7.93. The lowest BCUT2D eigenvalue weighted by Gasteiger charge is -2.11. The van der Waals surface area contributed by atoms with E-state index in [1.54, 1.807) is 5.38 Å². The highest BCUT2D eigenvalue weighted by Gasteiger charge is 2.17. The fourth-order valence-electron chi connectivity index (χ4n) is 2.40. The largest absolute Gasteiger partial charge is 0.323 e. The number of nitrogens with one attached hydrogen (secondary N) is 3. The van der Waals surface area contributed by atoms with Crippen molar-refractivity contribution in [3.05, 3.63) is 43.8 Å². The fourth-order valence-corrected chi connectivity index (χ4v) is 3.22. The molecule has 0 bridgehead atoms. The molecule has 120 valence electrons. The lowest BCUT2D eigenvalue weighted by molar-refractivity contribution is 0.102. The van der Waals surface area contributed by atoms with E-state index >= 15 is 0 Å². The van der Waals surface area contributed by atoms with E-state index < -0.39 is 0 Å². The summed E-state index contributed by atoms with van der Waals surface area (Å²) in [5.74, 6) is 0.0141. The number of aromatic nitrogens is 3. The molecule has 1 aromatic carbocycles. The lowest BCUT2D eigenvalue weighted by atomic mass is 10.1. The zero-order valence-corrected chi connectivity index (χ0v) is 14.2. The number of rotatable bonds is 3. The van der Waals surface area contributed by atoms with Gasteiger partial charge in [-0.25, -0.2) is 9.78 Å². The number of benzene rings is 1. The van der Waals surface area contributed by atoms with Gasteiger partial charge in [0.15, 0.2) is 0 Å². The van der Waals surface area contributed by atoms with Gasteiger partial charge in [0.05, 0.1) is 21.7 Å². The molecule has 0 aliphatic heterocycles. The van der Waals surface area contributed by atoms with Crippen LogP contribution in [0.2, 0.25) is 0 Å². The average molecular weight is 330 g/mol. The minimum Gasteiger partial charge on any atom is -0.318 e. The summed E-state index contributed by atoms with van der Waals surface area (Å²) >= 11 is 1.48. The minimum atomic E-state index is -0.295. The number of hydrogen-bond donors (Lipinski definition) is 3. The first-order valence-corrected chi connectivity index (χ1v) is 8.23. The molecule has 0 fully saturated rings. The number of carbonyl (C=O) groups is 1. The number of thiazole rings is 1. The summed E-state index contributed by atoms with van der Waals surface area (Å²) in [6.07, 6.45) is 0. The molecule has 7 heteroatoms. The second kappa shape index (κ2) is 5.66. The Morgan fingerprint density at radius 3 is 2.70 bits per heavy atom. The number of nitrogens with zero attached hydrogens (tertiary/aromatic N) is 1. The molecule has 1 amide bonds. The van der Waals surface area contributed by atoms with Crippen LogP contribution in [0, 0.1) is 13.8 Å². The molecule has 0 spiro atoms. The molecule has 0 aliphatic carbocycles. The number of aromatic amines is 2. The lowest BCUT2D eigenvalue weighted by Crippen LogP contribution is -2.14. The first-order chi connectivity index (χ1) is 10.9. The molecular weight excluding hydrogens is 312 g/mol. The number of hydrogen-bond acceptors (Lipinski definition) is 4. The van der Waals surface area contributed by atoms with Crippen molar-refractivity contribution in [2.75, 3.05) is 5.32 Å². The quantitative estimate of drug-likeness (QED) is 0.688. The monoisotopic (exact) mass is 330 g/mol. The maximum Gasteiger partial charge on any atom is 0.323 e. The summed E-state index contributed by atoms with van der Waals surface area (Å²) in [5, 5.41) is 5.57. The van der Waals surface area contributed by atoms with Crippen LogP contribution in [-0.4, -0.2) is 20.9 Å². The molecule has 0 saturated heterocycles. The van der Waals surface area contributed by atoms with Crippen molar-refractivity contribution in [2.45, 2.75) is 33.6 Å². The van der Waals surface area contributed by atoms with E-state index in [2.05, 4.69) is 20.3 Å². The zero-order valence-electron chi connectivity index (χ0n) is 13.4. The number of anilines is 1. The number of imidazole rings is 1. The van der Waals surface area contributed by atoms with E-state index in [0.717, 1.165) is 16.1 Å². The smallest absolute Gasteiger partial charge is 0.318 e. The Bertz CT molecular complexity index is 949. The first-order valence-electron chi connectivity index (χ1n) is 7.35. The molecule has 2 heterocycles. The summed E-state index contributed by atoms with van der Waals surface area (Å²) < 4.78 is 0. The van der Waals surface area contributed by atoms with Gasteiger partial charge in [-0.05, 0) is 31.0 Å². The Kier molecular flexibility index (Phi) is 3.81. The third kappa shape index (κ3) is 2.79. The number of carbonyl (C=O) groups excluding carboxylic acids is 1. The Morgan fingerprint density at radius 2 is 2.04 bits per heavy atom. The van der Waals surface area contributed by atoms with Crippen molar-refractivity contribution < 1.29 is 4.79 Å². The highest BCUT2D eigenvalue weighted by molar-refractivity contribution is 7.09. The fraction of sp³-hybridized carbons (Fsp3) is 0.312. The predicted octanol–water partition coefficient (Wildman–Crippen LogP) is 3.31. The molecule has 6 nitrogen and oxygen atoms in total. The molecule has 2 aromatic heterocycles. The molecular formula is C16H18N4O2S. The van der Waals surface area contributed by atoms with Gasteiger partial charge in [-0.15, -0.1) is 11.3 Å². The van der Waals surface area contributed by atoms with Gasteiger partial charge in [-0.1, -0.05) is 13.8 Å². The summed E-state index contributed by atoms with van der Waals surface area (Å²) in [7, 11) is 0. The molecule has 0 radical (unpaired) electrons. The Morgan fingerprint density at radius 1 is 1.30 bits per heavy atom.